The lowest BCUT2D eigenvalue weighted by molar-refractivity contribution is 0.584. The second-order valence-electron chi connectivity index (χ2n) is 3.91. The lowest BCUT2D eigenvalue weighted by Gasteiger charge is -2.04. The fraction of sp³-hybridized carbons (Fsp3) is 0.0833. The van der Waals surface area contributed by atoms with E-state index in [1.54, 1.807) is 12.1 Å². The molecule has 0 aliphatic rings. The van der Waals surface area contributed by atoms with Gasteiger partial charge in [0.2, 0.25) is 0 Å². The van der Waals surface area contributed by atoms with E-state index in [1.165, 1.54) is 23.5 Å². The van der Waals surface area contributed by atoms with Crippen LogP contribution >= 0.6 is 38.9 Å². The molecule has 0 radical (unpaired) electrons. The summed E-state index contributed by atoms with van der Waals surface area (Å²) < 4.78 is 24.8. The Balaban J connectivity index is 2.21. The van der Waals surface area contributed by atoms with Crippen molar-refractivity contribution in [1.82, 2.24) is 4.83 Å². The molecular weight excluding hydrogens is 384 g/mol. The first-order valence-corrected chi connectivity index (χ1v) is 8.98. The zero-order chi connectivity index (χ0) is 14.8. The number of hydrogen-bond acceptors (Lipinski definition) is 4. The van der Waals surface area contributed by atoms with Crippen LogP contribution in [0.4, 0.5) is 0 Å². The van der Waals surface area contributed by atoms with Crippen LogP contribution in [-0.2, 0) is 10.0 Å². The van der Waals surface area contributed by atoms with Crippen molar-refractivity contribution in [2.45, 2.75) is 11.8 Å². The van der Waals surface area contributed by atoms with E-state index >= 15 is 0 Å². The highest BCUT2D eigenvalue weighted by Gasteiger charge is 2.14. The van der Waals surface area contributed by atoms with Gasteiger partial charge in [-0.05, 0) is 46.4 Å². The van der Waals surface area contributed by atoms with Gasteiger partial charge in [-0.15, -0.1) is 11.3 Å². The molecule has 0 aliphatic heterocycles. The van der Waals surface area contributed by atoms with Crippen LogP contribution in [0, 0.1) is 6.92 Å². The van der Waals surface area contributed by atoms with Crippen molar-refractivity contribution in [3.8, 4) is 0 Å². The van der Waals surface area contributed by atoms with Crippen LogP contribution < -0.4 is 4.83 Å². The van der Waals surface area contributed by atoms with E-state index in [1.807, 2.05) is 18.4 Å². The number of sulfonamides is 1. The Morgan fingerprint density at radius 2 is 1.95 bits per heavy atom. The summed E-state index contributed by atoms with van der Waals surface area (Å²) in [6.07, 6.45) is 0. The van der Waals surface area contributed by atoms with E-state index in [9.17, 15) is 8.42 Å². The van der Waals surface area contributed by atoms with Crippen molar-refractivity contribution in [1.29, 1.82) is 0 Å². The summed E-state index contributed by atoms with van der Waals surface area (Å²) in [7, 11) is -3.71. The van der Waals surface area contributed by atoms with Gasteiger partial charge >= 0.3 is 0 Å². The number of hydrogen-bond donors (Lipinski definition) is 1. The van der Waals surface area contributed by atoms with E-state index in [4.69, 9.17) is 11.6 Å². The largest absolute Gasteiger partial charge is 0.276 e. The number of benzene rings is 1. The molecular formula is C12H10BrClN2O2S2. The zero-order valence-electron chi connectivity index (χ0n) is 10.3. The molecule has 0 saturated carbocycles. The molecule has 0 unspecified atom stereocenters. The first-order valence-electron chi connectivity index (χ1n) is 5.45. The van der Waals surface area contributed by atoms with E-state index in [2.05, 4.69) is 25.9 Å². The average molecular weight is 394 g/mol. The number of hydrazone groups is 1. The van der Waals surface area contributed by atoms with Crippen molar-refractivity contribution in [3.63, 3.8) is 0 Å². The van der Waals surface area contributed by atoms with Gasteiger partial charge in [-0.1, -0.05) is 29.3 Å². The molecule has 106 valence electrons. The fourth-order valence-electron chi connectivity index (χ4n) is 1.36. The first kappa shape index (κ1) is 15.5. The van der Waals surface area contributed by atoms with Gasteiger partial charge < -0.3 is 0 Å². The summed E-state index contributed by atoms with van der Waals surface area (Å²) >= 11 is 10.6. The fourth-order valence-corrected chi connectivity index (χ4v) is 4.05. The molecule has 1 heterocycles. The molecule has 4 nitrogen and oxygen atoms in total. The molecule has 0 saturated heterocycles. The standard InChI is InChI=1S/C12H10BrClN2O2S2/c1-8-2-4-9(5-3-8)20(17,18)16-15-12(14)11-10(13)6-7-19-11/h2-7,16H,1H3/b15-12-. The topological polar surface area (TPSA) is 58.5 Å². The molecule has 0 atom stereocenters. The van der Waals surface area contributed by atoms with Crippen LogP contribution in [0.15, 0.2) is 50.2 Å². The van der Waals surface area contributed by atoms with E-state index in [0.717, 1.165) is 10.0 Å². The van der Waals surface area contributed by atoms with Gasteiger partial charge in [-0.2, -0.15) is 18.4 Å². The SMILES string of the molecule is Cc1ccc(S(=O)(=O)N/N=C(\Cl)c2sccc2Br)cc1. The number of aryl methyl sites for hydroxylation is 1. The van der Waals surface area contributed by atoms with Gasteiger partial charge in [0.15, 0.2) is 5.17 Å². The van der Waals surface area contributed by atoms with E-state index in [0.29, 0.717) is 4.88 Å². The predicted molar refractivity (Wildman–Crippen MR) is 85.9 cm³/mol. The number of halogens is 2. The van der Waals surface area contributed by atoms with Gasteiger partial charge in [0.1, 0.15) is 0 Å². The number of thiophene rings is 1. The summed E-state index contributed by atoms with van der Waals surface area (Å²) in [6, 6.07) is 8.28. The Kier molecular flexibility index (Phi) is 4.85. The molecule has 1 aromatic heterocycles. The number of nitrogens with one attached hydrogen (secondary N) is 1. The first-order chi connectivity index (χ1) is 9.40. The Hall–Kier alpha value is -0.890. The molecule has 1 aromatic carbocycles. The number of rotatable bonds is 4. The van der Waals surface area contributed by atoms with Gasteiger partial charge in [-0.3, -0.25) is 0 Å². The molecule has 0 fully saturated rings. The van der Waals surface area contributed by atoms with Gasteiger partial charge in [0, 0.05) is 4.47 Å². The highest BCUT2D eigenvalue weighted by Crippen LogP contribution is 2.24. The van der Waals surface area contributed by atoms with E-state index in [-0.39, 0.29) is 10.1 Å². The van der Waals surface area contributed by atoms with Crippen LogP contribution in [0.25, 0.3) is 0 Å². The monoisotopic (exact) mass is 392 g/mol. The summed E-state index contributed by atoms with van der Waals surface area (Å²) in [5, 5.41) is 5.63. The van der Waals surface area contributed by atoms with Crippen LogP contribution in [-0.4, -0.2) is 13.6 Å². The summed E-state index contributed by atoms with van der Waals surface area (Å²) in [4.78, 5) is 2.93. The van der Waals surface area contributed by atoms with Crippen molar-refractivity contribution < 1.29 is 8.42 Å². The third-order valence-corrected chi connectivity index (χ3v) is 5.85. The van der Waals surface area contributed by atoms with Crippen LogP contribution in [0.5, 0.6) is 0 Å². The average Bonchev–Trinajstić information content (AvgIpc) is 2.83. The third kappa shape index (κ3) is 3.60. The third-order valence-electron chi connectivity index (χ3n) is 2.40. The minimum Gasteiger partial charge on any atom is -0.200 e. The van der Waals surface area contributed by atoms with E-state index < -0.39 is 10.0 Å². The minimum atomic E-state index is -3.71. The molecule has 2 aromatic rings. The number of nitrogens with zero attached hydrogens (tertiary/aromatic N) is 1. The maximum atomic E-state index is 12.0. The van der Waals surface area contributed by atoms with Crippen molar-refractivity contribution >= 4 is 54.1 Å². The summed E-state index contributed by atoms with van der Waals surface area (Å²) in [5.41, 5.74) is 0.980. The lowest BCUT2D eigenvalue weighted by atomic mass is 10.2. The Labute approximate surface area is 134 Å². The molecule has 8 heteroatoms. The molecule has 0 aliphatic carbocycles. The Bertz CT molecular complexity index is 739. The van der Waals surface area contributed by atoms with Gasteiger partial charge in [-0.25, -0.2) is 0 Å². The van der Waals surface area contributed by atoms with Crippen LogP contribution in [0.1, 0.15) is 10.4 Å². The molecule has 2 rings (SSSR count). The second kappa shape index (κ2) is 6.26. The smallest absolute Gasteiger partial charge is 0.200 e. The molecule has 0 spiro atoms. The van der Waals surface area contributed by atoms with Gasteiger partial charge in [0.05, 0.1) is 9.77 Å². The molecule has 0 bridgehead atoms. The second-order valence-corrected chi connectivity index (χ2v) is 7.70. The quantitative estimate of drug-likeness (QED) is 0.636. The summed E-state index contributed by atoms with van der Waals surface area (Å²) in [5.74, 6) is 0. The Morgan fingerprint density at radius 3 is 2.50 bits per heavy atom. The molecule has 20 heavy (non-hydrogen) atoms. The highest BCUT2D eigenvalue weighted by molar-refractivity contribution is 9.10. The van der Waals surface area contributed by atoms with Crippen molar-refractivity contribution in [2.75, 3.05) is 0 Å². The van der Waals surface area contributed by atoms with Crippen LogP contribution in [0.3, 0.4) is 0 Å². The van der Waals surface area contributed by atoms with Gasteiger partial charge in [0.25, 0.3) is 10.0 Å². The summed E-state index contributed by atoms with van der Waals surface area (Å²) in [6.45, 7) is 1.88. The lowest BCUT2D eigenvalue weighted by Crippen LogP contribution is -2.19. The minimum absolute atomic E-state index is 0.0857. The predicted octanol–water partition coefficient (Wildman–Crippen LogP) is 3.70. The maximum absolute atomic E-state index is 12.0. The molecule has 1 N–H and O–H groups in total. The van der Waals surface area contributed by atoms with Crippen LogP contribution in [0.2, 0.25) is 0 Å². The normalized spacial score (nSPS) is 12.4. The highest BCUT2D eigenvalue weighted by atomic mass is 79.9. The molecule has 0 amide bonds. The van der Waals surface area contributed by atoms with Crippen molar-refractivity contribution in [2.24, 2.45) is 5.10 Å². The zero-order valence-corrected chi connectivity index (χ0v) is 14.3. The van der Waals surface area contributed by atoms with Crippen molar-refractivity contribution in [3.05, 3.63) is 50.6 Å². The maximum Gasteiger partial charge on any atom is 0.276 e. The Morgan fingerprint density at radius 1 is 1.30 bits per heavy atom.